The first kappa shape index (κ1) is 12.8. The molecular formula is C14H13N7O. The van der Waals surface area contributed by atoms with Crippen molar-refractivity contribution in [3.05, 3.63) is 45.7 Å². The smallest absolute Gasteiger partial charge is 0.270 e. The Bertz CT molecular complexity index is 819. The van der Waals surface area contributed by atoms with Crippen LogP contribution in [-0.2, 0) is 19.4 Å². The minimum Gasteiger partial charge on any atom is -0.346 e. The molecule has 1 unspecified atom stereocenters. The maximum Gasteiger partial charge on any atom is 0.270 e. The quantitative estimate of drug-likeness (QED) is 0.514. The van der Waals surface area contributed by atoms with E-state index in [1.54, 1.807) is 10.9 Å². The van der Waals surface area contributed by atoms with E-state index in [0.29, 0.717) is 12.2 Å². The van der Waals surface area contributed by atoms with Crippen molar-refractivity contribution in [3.8, 4) is 11.3 Å². The topological polar surface area (TPSA) is 109 Å². The molecule has 8 heteroatoms. The lowest BCUT2D eigenvalue weighted by molar-refractivity contribution is 0.0897. The van der Waals surface area contributed by atoms with Crippen LogP contribution in [0, 0.1) is 0 Å². The van der Waals surface area contributed by atoms with Crippen LogP contribution in [0.2, 0.25) is 0 Å². The van der Waals surface area contributed by atoms with Crippen molar-refractivity contribution in [2.75, 3.05) is 6.54 Å². The predicted molar refractivity (Wildman–Crippen MR) is 78.1 cm³/mol. The van der Waals surface area contributed by atoms with Gasteiger partial charge in [0.05, 0.1) is 18.3 Å². The minimum atomic E-state index is -0.214. The first-order valence-electron chi connectivity index (χ1n) is 7.12. The lowest BCUT2D eigenvalue weighted by Gasteiger charge is -2.24. The molecule has 0 fully saturated rings. The summed E-state index contributed by atoms with van der Waals surface area (Å²) < 4.78 is 1.75. The number of aromatic nitrogens is 3. The Labute approximate surface area is 125 Å². The Morgan fingerprint density at radius 1 is 1.50 bits per heavy atom. The molecule has 3 heterocycles. The van der Waals surface area contributed by atoms with Gasteiger partial charge in [0.1, 0.15) is 5.69 Å². The number of azide groups is 1. The molecule has 22 heavy (non-hydrogen) atoms. The molecule has 2 aromatic rings. The summed E-state index contributed by atoms with van der Waals surface area (Å²) in [5.41, 5.74) is 13.1. The normalized spacial score (nSPS) is 18.5. The van der Waals surface area contributed by atoms with E-state index in [9.17, 15) is 4.79 Å². The Hall–Kier alpha value is -2.86. The molecule has 0 radical (unpaired) electrons. The van der Waals surface area contributed by atoms with Crippen LogP contribution in [0.3, 0.4) is 0 Å². The van der Waals surface area contributed by atoms with Gasteiger partial charge in [-0.2, -0.15) is 5.10 Å². The van der Waals surface area contributed by atoms with Crippen LogP contribution in [0.4, 0.5) is 0 Å². The first-order valence-corrected chi connectivity index (χ1v) is 7.12. The molecular weight excluding hydrogens is 282 g/mol. The molecule has 1 aliphatic carbocycles. The molecule has 0 saturated heterocycles. The van der Waals surface area contributed by atoms with Crippen LogP contribution in [-0.4, -0.2) is 33.3 Å². The number of aryl methyl sites for hydroxylation is 1. The van der Waals surface area contributed by atoms with Gasteiger partial charge in [0.15, 0.2) is 0 Å². The maximum atomic E-state index is 12.4. The molecule has 0 spiro atoms. The van der Waals surface area contributed by atoms with E-state index >= 15 is 0 Å². The number of hydrogen-bond donors (Lipinski definition) is 1. The number of nitrogens with zero attached hydrogens (tertiary/aromatic N) is 6. The number of fused-ring (bicyclic) bond motifs is 5. The fraction of sp³-hybridized carbons (Fsp3) is 0.357. The molecule has 2 aliphatic rings. The average molecular weight is 295 g/mol. The number of carbonyl (C=O) groups is 1. The summed E-state index contributed by atoms with van der Waals surface area (Å²) in [6, 6.07) is 1.73. The number of rotatable bonds is 2. The molecule has 4 rings (SSSR count). The molecule has 0 bridgehead atoms. The van der Waals surface area contributed by atoms with Crippen LogP contribution in [0.1, 0.15) is 21.6 Å². The molecule has 2 aromatic heterocycles. The van der Waals surface area contributed by atoms with Crippen molar-refractivity contribution in [1.82, 2.24) is 20.1 Å². The highest BCUT2D eigenvalue weighted by Gasteiger charge is 2.32. The second-order valence-corrected chi connectivity index (χ2v) is 5.47. The van der Waals surface area contributed by atoms with Crippen LogP contribution in [0.5, 0.6) is 0 Å². The van der Waals surface area contributed by atoms with Crippen LogP contribution < -0.4 is 5.32 Å². The summed E-state index contributed by atoms with van der Waals surface area (Å²) in [5, 5.41) is 11.1. The maximum absolute atomic E-state index is 12.4. The molecule has 110 valence electrons. The van der Waals surface area contributed by atoms with Crippen molar-refractivity contribution >= 4 is 5.91 Å². The van der Waals surface area contributed by atoms with Gasteiger partial charge in [0.25, 0.3) is 5.91 Å². The van der Waals surface area contributed by atoms with Crippen molar-refractivity contribution in [3.63, 3.8) is 0 Å². The highest BCUT2D eigenvalue weighted by atomic mass is 16.2. The van der Waals surface area contributed by atoms with Crippen molar-refractivity contribution in [2.24, 2.45) is 5.11 Å². The highest BCUT2D eigenvalue weighted by Crippen LogP contribution is 2.34. The number of pyridine rings is 1. The third-order valence-electron chi connectivity index (χ3n) is 4.16. The zero-order valence-corrected chi connectivity index (χ0v) is 11.7. The van der Waals surface area contributed by atoms with Crippen molar-refractivity contribution < 1.29 is 4.79 Å². The van der Waals surface area contributed by atoms with Gasteiger partial charge in [0.2, 0.25) is 0 Å². The summed E-state index contributed by atoms with van der Waals surface area (Å²) in [7, 11) is 0. The lowest BCUT2D eigenvalue weighted by atomic mass is 9.90. The number of hydrogen-bond acceptors (Lipinski definition) is 4. The highest BCUT2D eigenvalue weighted by molar-refractivity contribution is 5.97. The lowest BCUT2D eigenvalue weighted by Crippen LogP contribution is -2.46. The number of amides is 1. The second kappa shape index (κ2) is 4.85. The molecule has 0 saturated carbocycles. The average Bonchev–Trinajstić information content (AvgIpc) is 2.92. The Morgan fingerprint density at radius 3 is 3.27 bits per heavy atom. The third kappa shape index (κ3) is 1.85. The Balaban J connectivity index is 1.79. The van der Waals surface area contributed by atoms with E-state index in [0.717, 1.165) is 35.2 Å². The Morgan fingerprint density at radius 2 is 2.41 bits per heavy atom. The zero-order valence-electron chi connectivity index (χ0n) is 11.7. The molecule has 1 N–H and O–H groups in total. The second-order valence-electron chi connectivity index (χ2n) is 5.47. The summed E-state index contributed by atoms with van der Waals surface area (Å²) >= 11 is 0. The number of nitrogens with one attached hydrogen (secondary N) is 1. The molecule has 1 atom stereocenters. The summed E-state index contributed by atoms with van der Waals surface area (Å²) in [6.45, 7) is 0.750. The van der Waals surface area contributed by atoms with Gasteiger partial charge < -0.3 is 5.32 Å². The van der Waals surface area contributed by atoms with E-state index in [4.69, 9.17) is 5.53 Å². The van der Waals surface area contributed by atoms with E-state index < -0.39 is 0 Å². The number of carbonyl (C=O) groups excluding carboxylic acids is 1. The minimum absolute atomic E-state index is 0.143. The van der Waals surface area contributed by atoms with Gasteiger partial charge in [-0.1, -0.05) is 5.11 Å². The van der Waals surface area contributed by atoms with Gasteiger partial charge in [0, 0.05) is 35.0 Å². The van der Waals surface area contributed by atoms with Gasteiger partial charge >= 0.3 is 0 Å². The fourth-order valence-electron chi connectivity index (χ4n) is 3.20. The van der Waals surface area contributed by atoms with E-state index in [1.807, 2.05) is 12.3 Å². The standard InChI is InChI=1S/C14H13N7O/c15-20-17-6-9-7-21-13(14(22)18-9)11-2-1-8-5-16-4-3-10(8)12(11)19-21/h3-5,9H,1-2,6-7H2,(H,18,22). The molecule has 1 amide bonds. The summed E-state index contributed by atoms with van der Waals surface area (Å²) in [4.78, 5) is 19.3. The molecule has 1 aliphatic heterocycles. The largest absolute Gasteiger partial charge is 0.346 e. The fourth-order valence-corrected chi connectivity index (χ4v) is 3.20. The van der Waals surface area contributed by atoms with Gasteiger partial charge in [-0.15, -0.1) is 0 Å². The summed E-state index contributed by atoms with van der Waals surface area (Å²) in [6.07, 6.45) is 5.26. The van der Waals surface area contributed by atoms with Gasteiger partial charge in [-0.25, -0.2) is 0 Å². The van der Waals surface area contributed by atoms with Gasteiger partial charge in [-0.3, -0.25) is 14.5 Å². The summed E-state index contributed by atoms with van der Waals surface area (Å²) in [5.74, 6) is -0.143. The van der Waals surface area contributed by atoms with E-state index in [1.165, 1.54) is 0 Å². The van der Waals surface area contributed by atoms with Crippen molar-refractivity contribution in [2.45, 2.75) is 25.4 Å². The first-order chi connectivity index (χ1) is 10.8. The third-order valence-corrected chi connectivity index (χ3v) is 4.16. The van der Waals surface area contributed by atoms with Crippen molar-refractivity contribution in [1.29, 1.82) is 0 Å². The predicted octanol–water partition coefficient (Wildman–Crippen LogP) is 1.47. The zero-order chi connectivity index (χ0) is 15.1. The molecule has 8 nitrogen and oxygen atoms in total. The van der Waals surface area contributed by atoms with E-state index in [-0.39, 0.29) is 18.5 Å². The molecule has 0 aromatic carbocycles. The van der Waals surface area contributed by atoms with Crippen LogP contribution >= 0.6 is 0 Å². The van der Waals surface area contributed by atoms with Crippen LogP contribution in [0.25, 0.3) is 21.7 Å². The van der Waals surface area contributed by atoms with Crippen LogP contribution in [0.15, 0.2) is 23.6 Å². The van der Waals surface area contributed by atoms with E-state index in [2.05, 4.69) is 25.4 Å². The SMILES string of the molecule is [N-]=[N+]=NCC1Cn2nc3c(c2C(=O)N1)CCc1cnccc1-3. The van der Waals surface area contributed by atoms with Gasteiger partial charge in [-0.05, 0) is 30.0 Å². The Kier molecular flexibility index (Phi) is 2.83. The monoisotopic (exact) mass is 295 g/mol.